The zero-order chi connectivity index (χ0) is 15.3. The molecule has 1 saturated heterocycles. The van der Waals surface area contributed by atoms with Gasteiger partial charge in [0.05, 0.1) is 6.54 Å². The Kier molecular flexibility index (Phi) is 5.27. The van der Waals surface area contributed by atoms with E-state index in [2.05, 4.69) is 44.9 Å². The van der Waals surface area contributed by atoms with Crippen molar-refractivity contribution < 1.29 is 0 Å². The van der Waals surface area contributed by atoms with Crippen LogP contribution in [0.3, 0.4) is 0 Å². The minimum absolute atomic E-state index is 0.129. The summed E-state index contributed by atoms with van der Waals surface area (Å²) in [5.74, 6) is 1.43. The normalized spacial score (nSPS) is 17.2. The fraction of sp³-hybridized carbons (Fsp3) is 0.643. The standard InChI is InChI=1S/C14H24N6S/c1-14(2,21-3)11-18-12(15)19-7-9-20(10-8-19)13-16-5-4-6-17-13/h4-6H,7-11H2,1-3H3,(H2,15,18). The molecule has 0 radical (unpaired) electrons. The molecule has 0 aromatic carbocycles. The lowest BCUT2D eigenvalue weighted by molar-refractivity contribution is 0.377. The number of nitrogens with two attached hydrogens (primary N) is 1. The number of hydrogen-bond donors (Lipinski definition) is 1. The van der Waals surface area contributed by atoms with Crippen LogP contribution in [-0.2, 0) is 0 Å². The van der Waals surface area contributed by atoms with Gasteiger partial charge >= 0.3 is 0 Å². The van der Waals surface area contributed by atoms with Crippen molar-refractivity contribution in [1.29, 1.82) is 0 Å². The van der Waals surface area contributed by atoms with Crippen molar-refractivity contribution in [2.75, 3.05) is 43.9 Å². The van der Waals surface area contributed by atoms with E-state index >= 15 is 0 Å². The molecule has 1 aliphatic rings. The SMILES string of the molecule is CSC(C)(C)CN=C(N)N1CCN(c2ncccn2)CC1. The lowest BCUT2D eigenvalue weighted by Crippen LogP contribution is -2.51. The smallest absolute Gasteiger partial charge is 0.225 e. The highest BCUT2D eigenvalue weighted by molar-refractivity contribution is 7.99. The second-order valence-electron chi connectivity index (χ2n) is 5.66. The van der Waals surface area contributed by atoms with Crippen LogP contribution in [0.1, 0.15) is 13.8 Å². The number of guanidine groups is 1. The average Bonchev–Trinajstić information content (AvgIpc) is 2.54. The second-order valence-corrected chi connectivity index (χ2v) is 7.17. The van der Waals surface area contributed by atoms with Gasteiger partial charge in [0.25, 0.3) is 0 Å². The van der Waals surface area contributed by atoms with E-state index in [9.17, 15) is 0 Å². The molecule has 1 aromatic rings. The quantitative estimate of drug-likeness (QED) is 0.662. The van der Waals surface area contributed by atoms with E-state index in [-0.39, 0.29) is 4.75 Å². The molecule has 6 nitrogen and oxygen atoms in total. The first-order valence-corrected chi connectivity index (χ1v) is 8.36. The molecular weight excluding hydrogens is 284 g/mol. The first-order valence-electron chi connectivity index (χ1n) is 7.14. The molecule has 0 saturated carbocycles. The zero-order valence-corrected chi connectivity index (χ0v) is 13.8. The van der Waals surface area contributed by atoms with Crippen molar-refractivity contribution in [2.24, 2.45) is 10.7 Å². The molecular formula is C14H24N6S. The molecule has 1 aromatic heterocycles. The molecule has 1 fully saturated rings. The maximum absolute atomic E-state index is 6.11. The molecule has 0 unspecified atom stereocenters. The van der Waals surface area contributed by atoms with Gasteiger partial charge in [-0.25, -0.2) is 9.97 Å². The van der Waals surface area contributed by atoms with Crippen LogP contribution in [0.5, 0.6) is 0 Å². The van der Waals surface area contributed by atoms with Crippen LogP contribution in [0.4, 0.5) is 5.95 Å². The summed E-state index contributed by atoms with van der Waals surface area (Å²) in [6.07, 6.45) is 5.65. The number of rotatable bonds is 4. The van der Waals surface area contributed by atoms with Crippen molar-refractivity contribution in [3.63, 3.8) is 0 Å². The first-order chi connectivity index (χ1) is 10.0. The molecule has 2 heterocycles. The Bertz CT molecular complexity index is 468. The van der Waals surface area contributed by atoms with Gasteiger partial charge in [-0.2, -0.15) is 11.8 Å². The molecule has 1 aliphatic heterocycles. The monoisotopic (exact) mass is 308 g/mol. The van der Waals surface area contributed by atoms with Gasteiger partial charge in [0.15, 0.2) is 5.96 Å². The number of aromatic nitrogens is 2. The average molecular weight is 308 g/mol. The van der Waals surface area contributed by atoms with Gasteiger partial charge in [0.2, 0.25) is 5.95 Å². The maximum atomic E-state index is 6.11. The minimum atomic E-state index is 0.129. The Morgan fingerprint density at radius 1 is 1.29 bits per heavy atom. The summed E-state index contributed by atoms with van der Waals surface area (Å²) < 4.78 is 0.129. The van der Waals surface area contributed by atoms with Crippen LogP contribution in [0.25, 0.3) is 0 Å². The van der Waals surface area contributed by atoms with Crippen LogP contribution in [0.15, 0.2) is 23.5 Å². The topological polar surface area (TPSA) is 70.6 Å². The molecule has 0 atom stereocenters. The maximum Gasteiger partial charge on any atom is 0.225 e. The molecule has 2 rings (SSSR count). The predicted molar refractivity (Wildman–Crippen MR) is 89.9 cm³/mol. The third kappa shape index (κ3) is 4.49. The van der Waals surface area contributed by atoms with E-state index in [0.717, 1.165) is 38.7 Å². The summed E-state index contributed by atoms with van der Waals surface area (Å²) in [7, 11) is 0. The zero-order valence-electron chi connectivity index (χ0n) is 13.0. The number of piperazine rings is 1. The molecule has 7 heteroatoms. The van der Waals surface area contributed by atoms with Crippen LogP contribution >= 0.6 is 11.8 Å². The van der Waals surface area contributed by atoms with Gasteiger partial charge in [-0.15, -0.1) is 0 Å². The number of anilines is 1. The van der Waals surface area contributed by atoms with Crippen molar-refractivity contribution >= 4 is 23.7 Å². The molecule has 2 N–H and O–H groups in total. The van der Waals surface area contributed by atoms with Crippen LogP contribution in [0, 0.1) is 0 Å². The van der Waals surface area contributed by atoms with Gasteiger partial charge in [0, 0.05) is 43.3 Å². The summed E-state index contributed by atoms with van der Waals surface area (Å²) >= 11 is 1.81. The largest absolute Gasteiger partial charge is 0.370 e. The Hall–Kier alpha value is -1.50. The van der Waals surface area contributed by atoms with E-state index in [1.165, 1.54) is 0 Å². The Labute approximate surface area is 130 Å². The Morgan fingerprint density at radius 2 is 1.90 bits per heavy atom. The summed E-state index contributed by atoms with van der Waals surface area (Å²) in [6, 6.07) is 1.83. The summed E-state index contributed by atoms with van der Waals surface area (Å²) in [4.78, 5) is 17.4. The highest BCUT2D eigenvalue weighted by atomic mass is 32.2. The number of hydrogen-bond acceptors (Lipinski definition) is 5. The predicted octanol–water partition coefficient (Wildman–Crippen LogP) is 1.05. The fourth-order valence-electron chi connectivity index (χ4n) is 2.03. The highest BCUT2D eigenvalue weighted by Gasteiger charge is 2.21. The number of thioether (sulfide) groups is 1. The van der Waals surface area contributed by atoms with Gasteiger partial charge in [0.1, 0.15) is 0 Å². The third-order valence-electron chi connectivity index (χ3n) is 3.61. The van der Waals surface area contributed by atoms with Crippen molar-refractivity contribution in [3.05, 3.63) is 18.5 Å². The van der Waals surface area contributed by atoms with Crippen molar-refractivity contribution in [2.45, 2.75) is 18.6 Å². The van der Waals surface area contributed by atoms with E-state index in [1.54, 1.807) is 12.4 Å². The number of aliphatic imine (C=N–C) groups is 1. The second kappa shape index (κ2) is 6.98. The van der Waals surface area contributed by atoms with E-state index < -0.39 is 0 Å². The molecule has 0 amide bonds. The Balaban J connectivity index is 1.87. The van der Waals surface area contributed by atoms with Crippen LogP contribution < -0.4 is 10.6 Å². The summed E-state index contributed by atoms with van der Waals surface area (Å²) in [6.45, 7) is 8.54. The minimum Gasteiger partial charge on any atom is -0.370 e. The number of nitrogens with zero attached hydrogens (tertiary/aromatic N) is 5. The Morgan fingerprint density at radius 3 is 2.48 bits per heavy atom. The lowest BCUT2D eigenvalue weighted by atomic mass is 10.2. The fourth-order valence-corrected chi connectivity index (χ4v) is 2.22. The molecule has 0 spiro atoms. The highest BCUT2D eigenvalue weighted by Crippen LogP contribution is 2.21. The van der Waals surface area contributed by atoms with Gasteiger partial charge < -0.3 is 15.5 Å². The van der Waals surface area contributed by atoms with Gasteiger partial charge in [-0.05, 0) is 26.2 Å². The third-order valence-corrected chi connectivity index (χ3v) is 4.85. The van der Waals surface area contributed by atoms with E-state index in [0.29, 0.717) is 5.96 Å². The molecule has 116 valence electrons. The summed E-state index contributed by atoms with van der Waals surface area (Å²) in [5, 5.41) is 0. The van der Waals surface area contributed by atoms with Crippen LogP contribution in [0.2, 0.25) is 0 Å². The van der Waals surface area contributed by atoms with Crippen molar-refractivity contribution in [3.8, 4) is 0 Å². The van der Waals surface area contributed by atoms with Crippen molar-refractivity contribution in [1.82, 2.24) is 14.9 Å². The summed E-state index contributed by atoms with van der Waals surface area (Å²) in [5.41, 5.74) is 6.11. The lowest BCUT2D eigenvalue weighted by Gasteiger charge is -2.35. The molecule has 0 aliphatic carbocycles. The van der Waals surface area contributed by atoms with Gasteiger partial charge in [-0.3, -0.25) is 4.99 Å². The van der Waals surface area contributed by atoms with E-state index in [1.807, 2.05) is 17.8 Å². The van der Waals surface area contributed by atoms with Gasteiger partial charge in [-0.1, -0.05) is 0 Å². The van der Waals surface area contributed by atoms with Crippen LogP contribution in [-0.4, -0.2) is 64.6 Å². The van der Waals surface area contributed by atoms with E-state index in [4.69, 9.17) is 5.73 Å². The molecule has 0 bridgehead atoms. The molecule has 21 heavy (non-hydrogen) atoms. The first kappa shape index (κ1) is 15.9.